The summed E-state index contributed by atoms with van der Waals surface area (Å²) in [6.07, 6.45) is 1.65. The van der Waals surface area contributed by atoms with Crippen LogP contribution in [0.2, 0.25) is 5.02 Å². The van der Waals surface area contributed by atoms with Gasteiger partial charge < -0.3 is 9.73 Å². The highest BCUT2D eigenvalue weighted by Gasteiger charge is 2.08. The molecule has 6 heteroatoms. The monoisotopic (exact) mass is 415 g/mol. The van der Waals surface area contributed by atoms with Crippen LogP contribution in [0, 0.1) is 0 Å². The lowest BCUT2D eigenvalue weighted by Crippen LogP contribution is -2.27. The van der Waals surface area contributed by atoms with Gasteiger partial charge in [-0.2, -0.15) is 0 Å². The van der Waals surface area contributed by atoms with Gasteiger partial charge in [0.1, 0.15) is 5.58 Å². The smallest absolute Gasteiger partial charge is 0.336 e. The molecule has 0 bridgehead atoms. The number of thioether (sulfide) groups is 1. The van der Waals surface area contributed by atoms with E-state index in [1.807, 2.05) is 42.5 Å². The van der Waals surface area contributed by atoms with E-state index in [1.54, 1.807) is 0 Å². The summed E-state index contributed by atoms with van der Waals surface area (Å²) in [5.41, 5.74) is 3.40. The molecule has 28 heavy (non-hydrogen) atoms. The van der Waals surface area contributed by atoms with E-state index < -0.39 is 0 Å². The fourth-order valence-electron chi connectivity index (χ4n) is 2.92. The Morgan fingerprint density at radius 3 is 2.61 bits per heavy atom. The molecule has 0 fully saturated rings. The van der Waals surface area contributed by atoms with Crippen molar-refractivity contribution in [2.24, 2.45) is 0 Å². The van der Waals surface area contributed by atoms with Crippen molar-refractivity contribution in [1.29, 1.82) is 0 Å². The molecule has 2 aromatic carbocycles. The molecule has 0 aliphatic heterocycles. The van der Waals surface area contributed by atoms with Gasteiger partial charge in [-0.15, -0.1) is 11.8 Å². The first-order chi connectivity index (χ1) is 13.5. The van der Waals surface area contributed by atoms with E-state index in [2.05, 4.69) is 12.2 Å². The number of amides is 1. The van der Waals surface area contributed by atoms with Crippen molar-refractivity contribution in [1.82, 2.24) is 5.32 Å². The fourth-order valence-corrected chi connectivity index (χ4v) is 3.89. The summed E-state index contributed by atoms with van der Waals surface area (Å²) in [6.45, 7) is 2.64. The number of fused-ring (bicyclic) bond motifs is 1. The minimum atomic E-state index is -0.358. The van der Waals surface area contributed by atoms with Gasteiger partial charge in [-0.3, -0.25) is 4.79 Å². The van der Waals surface area contributed by atoms with E-state index in [4.69, 9.17) is 16.0 Å². The van der Waals surface area contributed by atoms with Crippen LogP contribution in [-0.4, -0.2) is 18.2 Å². The fraction of sp³-hybridized carbons (Fsp3) is 0.273. The van der Waals surface area contributed by atoms with Crippen LogP contribution in [0.1, 0.15) is 23.6 Å². The Labute approximate surface area is 173 Å². The average Bonchev–Trinajstić information content (AvgIpc) is 2.68. The van der Waals surface area contributed by atoms with Crippen LogP contribution in [0.5, 0.6) is 0 Å². The highest BCUT2D eigenvalue weighted by atomic mass is 35.5. The molecule has 0 atom stereocenters. The zero-order valence-corrected chi connectivity index (χ0v) is 17.2. The number of carbonyl (C=O) groups is 1. The zero-order valence-electron chi connectivity index (χ0n) is 15.7. The van der Waals surface area contributed by atoms with E-state index in [9.17, 15) is 9.59 Å². The maximum Gasteiger partial charge on any atom is 0.336 e. The molecule has 0 aliphatic rings. The topological polar surface area (TPSA) is 59.3 Å². The van der Waals surface area contributed by atoms with E-state index in [-0.39, 0.29) is 11.5 Å². The van der Waals surface area contributed by atoms with Crippen LogP contribution in [0.4, 0.5) is 0 Å². The van der Waals surface area contributed by atoms with Crippen LogP contribution in [0.3, 0.4) is 0 Å². The van der Waals surface area contributed by atoms with Crippen molar-refractivity contribution in [2.75, 3.05) is 12.3 Å². The number of hydrogen-bond donors (Lipinski definition) is 1. The van der Waals surface area contributed by atoms with E-state index >= 15 is 0 Å². The molecule has 3 aromatic rings. The molecule has 4 nitrogen and oxygen atoms in total. The molecule has 1 N–H and O–H groups in total. The summed E-state index contributed by atoms with van der Waals surface area (Å²) >= 11 is 7.35. The average molecular weight is 416 g/mol. The molecule has 3 rings (SSSR count). The SMILES string of the molecule is CCc1ccc2c(CSCC(=O)NCCc3ccc(Cl)cc3)cc(=O)oc2c1. The standard InChI is InChI=1S/C22H22ClNO3S/c1-2-15-5-8-19-17(12-22(26)27-20(19)11-15)13-28-14-21(25)24-10-9-16-3-6-18(23)7-4-16/h3-8,11-12H,2,9-10,13-14H2,1H3,(H,24,25). The predicted octanol–water partition coefficient (Wildman–Crippen LogP) is 4.60. The Bertz CT molecular complexity index is 1010. The largest absolute Gasteiger partial charge is 0.423 e. The number of rotatable bonds is 8. The molecule has 1 aromatic heterocycles. The summed E-state index contributed by atoms with van der Waals surface area (Å²) in [7, 11) is 0. The minimum absolute atomic E-state index is 0.0143. The first-order valence-corrected chi connectivity index (χ1v) is 10.7. The van der Waals surface area contributed by atoms with Crippen molar-refractivity contribution in [3.63, 3.8) is 0 Å². The third-order valence-electron chi connectivity index (χ3n) is 4.44. The minimum Gasteiger partial charge on any atom is -0.423 e. The molecular formula is C22H22ClNO3S. The Morgan fingerprint density at radius 2 is 1.86 bits per heavy atom. The lowest BCUT2D eigenvalue weighted by molar-refractivity contribution is -0.118. The molecule has 0 radical (unpaired) electrons. The first kappa shape index (κ1) is 20.5. The van der Waals surface area contributed by atoms with Gasteiger partial charge in [-0.1, -0.05) is 42.8 Å². The number of aryl methyl sites for hydroxylation is 1. The Balaban J connectivity index is 1.51. The number of halogens is 1. The third-order valence-corrected chi connectivity index (χ3v) is 5.68. The molecule has 0 unspecified atom stereocenters. The first-order valence-electron chi connectivity index (χ1n) is 9.19. The molecule has 1 amide bonds. The van der Waals surface area contributed by atoms with Gasteiger partial charge in [0.15, 0.2) is 0 Å². The van der Waals surface area contributed by atoms with Crippen molar-refractivity contribution < 1.29 is 9.21 Å². The van der Waals surface area contributed by atoms with Gasteiger partial charge >= 0.3 is 5.63 Å². The maximum absolute atomic E-state index is 12.1. The second-order valence-corrected chi connectivity index (χ2v) is 7.92. The molecule has 0 saturated carbocycles. The van der Waals surface area contributed by atoms with E-state index in [1.165, 1.54) is 17.8 Å². The molecule has 1 heterocycles. The Hall–Kier alpha value is -2.24. The van der Waals surface area contributed by atoms with Crippen molar-refractivity contribution in [2.45, 2.75) is 25.5 Å². The predicted molar refractivity (Wildman–Crippen MR) is 116 cm³/mol. The summed E-state index contributed by atoms with van der Waals surface area (Å²) in [5.74, 6) is 0.910. The molecule has 0 saturated heterocycles. The summed E-state index contributed by atoms with van der Waals surface area (Å²) in [5, 5.41) is 4.55. The highest BCUT2D eigenvalue weighted by Crippen LogP contribution is 2.22. The number of nitrogens with one attached hydrogen (secondary N) is 1. The Morgan fingerprint density at radius 1 is 1.11 bits per heavy atom. The number of hydrogen-bond acceptors (Lipinski definition) is 4. The number of carbonyl (C=O) groups excluding carboxylic acids is 1. The molecule has 0 spiro atoms. The third kappa shape index (κ3) is 5.63. The summed E-state index contributed by atoms with van der Waals surface area (Å²) in [4.78, 5) is 23.9. The molecule has 146 valence electrons. The van der Waals surface area contributed by atoms with E-state index in [0.29, 0.717) is 28.7 Å². The van der Waals surface area contributed by atoms with Crippen molar-refractivity contribution in [3.05, 3.63) is 80.7 Å². The van der Waals surface area contributed by atoms with Gasteiger partial charge in [-0.05, 0) is 47.7 Å². The lowest BCUT2D eigenvalue weighted by atomic mass is 10.1. The van der Waals surface area contributed by atoms with Gasteiger partial charge in [0.25, 0.3) is 0 Å². The molecular weight excluding hydrogens is 394 g/mol. The lowest BCUT2D eigenvalue weighted by Gasteiger charge is -2.08. The quantitative estimate of drug-likeness (QED) is 0.546. The van der Waals surface area contributed by atoms with Crippen LogP contribution in [0.15, 0.2) is 57.7 Å². The van der Waals surface area contributed by atoms with Crippen LogP contribution in [0.25, 0.3) is 11.0 Å². The van der Waals surface area contributed by atoms with Crippen LogP contribution < -0.4 is 10.9 Å². The second kappa shape index (κ2) is 9.80. The zero-order chi connectivity index (χ0) is 19.9. The second-order valence-electron chi connectivity index (χ2n) is 6.49. The Kier molecular flexibility index (Phi) is 7.18. The van der Waals surface area contributed by atoms with Gasteiger partial charge in [-0.25, -0.2) is 4.79 Å². The summed E-state index contributed by atoms with van der Waals surface area (Å²) in [6, 6.07) is 15.1. The normalized spacial score (nSPS) is 10.9. The molecule has 0 aliphatic carbocycles. The van der Waals surface area contributed by atoms with Gasteiger partial charge in [0.2, 0.25) is 5.91 Å². The van der Waals surface area contributed by atoms with E-state index in [0.717, 1.165) is 34.9 Å². The van der Waals surface area contributed by atoms with Gasteiger partial charge in [0, 0.05) is 28.8 Å². The highest BCUT2D eigenvalue weighted by molar-refractivity contribution is 7.99. The van der Waals surface area contributed by atoms with Crippen LogP contribution in [-0.2, 0) is 23.4 Å². The van der Waals surface area contributed by atoms with Crippen molar-refractivity contribution in [3.8, 4) is 0 Å². The van der Waals surface area contributed by atoms with Crippen molar-refractivity contribution >= 4 is 40.2 Å². The van der Waals surface area contributed by atoms with Gasteiger partial charge in [0.05, 0.1) is 5.75 Å². The summed E-state index contributed by atoms with van der Waals surface area (Å²) < 4.78 is 5.32. The maximum atomic E-state index is 12.1. The number of benzene rings is 2. The van der Waals surface area contributed by atoms with Crippen LogP contribution >= 0.6 is 23.4 Å².